The molecule has 0 aliphatic carbocycles. The van der Waals surface area contributed by atoms with E-state index in [0.717, 1.165) is 6.21 Å². The fourth-order valence-electron chi connectivity index (χ4n) is 1.47. The van der Waals surface area contributed by atoms with Gasteiger partial charge in [0.15, 0.2) is 6.04 Å². The van der Waals surface area contributed by atoms with Gasteiger partial charge in [-0.05, 0) is 13.8 Å². The van der Waals surface area contributed by atoms with Crippen molar-refractivity contribution in [2.45, 2.75) is 32.6 Å². The van der Waals surface area contributed by atoms with Gasteiger partial charge in [-0.3, -0.25) is 9.98 Å². The first kappa shape index (κ1) is 15.1. The van der Waals surface area contributed by atoms with Gasteiger partial charge in [-0.1, -0.05) is 0 Å². The van der Waals surface area contributed by atoms with E-state index in [1.165, 1.54) is 13.1 Å². The summed E-state index contributed by atoms with van der Waals surface area (Å²) in [4.78, 5) is 18.5. The topological polar surface area (TPSA) is 123 Å². The number of aliphatic hydroxyl groups is 2. The number of aliphatic imine (C=N–C) groups is 1. The highest BCUT2D eigenvalue weighted by Crippen LogP contribution is 2.22. The van der Waals surface area contributed by atoms with E-state index in [9.17, 15) is 15.0 Å². The smallest absolute Gasteiger partial charge is 0.331 e. The number of rotatable bonds is 5. The Balaban J connectivity index is 3.17. The molecule has 0 saturated carbocycles. The van der Waals surface area contributed by atoms with E-state index in [1.54, 1.807) is 6.92 Å². The molecule has 0 saturated heterocycles. The van der Waals surface area contributed by atoms with Crippen LogP contribution in [0.1, 0.15) is 23.7 Å². The molecule has 0 amide bonds. The second-order valence-corrected chi connectivity index (χ2v) is 4.09. The maximum absolute atomic E-state index is 10.9. The van der Waals surface area contributed by atoms with Crippen LogP contribution in [0.5, 0.6) is 5.75 Å². The van der Waals surface area contributed by atoms with Gasteiger partial charge in [0.05, 0.1) is 18.4 Å². The molecule has 4 N–H and O–H groups in total. The maximum Gasteiger partial charge on any atom is 0.331 e. The molecule has 7 heteroatoms. The zero-order chi connectivity index (χ0) is 14.6. The van der Waals surface area contributed by atoms with E-state index >= 15 is 0 Å². The van der Waals surface area contributed by atoms with Crippen molar-refractivity contribution in [1.29, 1.82) is 0 Å². The number of carbonyl (C=O) groups is 1. The average Bonchev–Trinajstić information content (AvgIpc) is 2.33. The summed E-state index contributed by atoms with van der Waals surface area (Å²) in [6.45, 7) is 2.51. The van der Waals surface area contributed by atoms with Gasteiger partial charge in [0.1, 0.15) is 5.75 Å². The van der Waals surface area contributed by atoms with Gasteiger partial charge in [0, 0.05) is 23.5 Å². The Kier molecular flexibility index (Phi) is 4.96. The molecule has 0 aliphatic heterocycles. The molecule has 1 aromatic rings. The predicted molar refractivity (Wildman–Crippen MR) is 67.3 cm³/mol. The minimum Gasteiger partial charge on any atom is -0.505 e. The van der Waals surface area contributed by atoms with Gasteiger partial charge in [-0.15, -0.1) is 0 Å². The summed E-state index contributed by atoms with van der Waals surface area (Å²) in [5.74, 6) is -1.45. The van der Waals surface area contributed by atoms with Crippen molar-refractivity contribution in [3.8, 4) is 5.75 Å². The third kappa shape index (κ3) is 3.49. The molecule has 1 rings (SSSR count). The lowest BCUT2D eigenvalue weighted by molar-refractivity contribution is -0.140. The molecular weight excluding hydrogens is 252 g/mol. The van der Waals surface area contributed by atoms with E-state index in [2.05, 4.69) is 9.98 Å². The standard InChI is InChI=1S/C12H16N2O5/c1-6-11(17)9(8(5-15)3-13-6)4-14-10(7(2)16)12(18)19/h3-4,7,10,15-17H,5H2,1-2H3,(H,18,19)/t7-,10+/m1/s1. The molecule has 0 aliphatic rings. The Bertz CT molecular complexity index is 499. The summed E-state index contributed by atoms with van der Waals surface area (Å²) in [6.07, 6.45) is 1.33. The third-order valence-electron chi connectivity index (χ3n) is 2.60. The SMILES string of the molecule is Cc1ncc(CO)c(C=N[C@H](C(=O)O)[C@@H](C)O)c1O. The molecule has 1 heterocycles. The van der Waals surface area contributed by atoms with Gasteiger partial charge in [-0.25, -0.2) is 4.79 Å². The summed E-state index contributed by atoms with van der Waals surface area (Å²) >= 11 is 0. The van der Waals surface area contributed by atoms with Gasteiger partial charge < -0.3 is 20.4 Å². The first-order valence-corrected chi connectivity index (χ1v) is 5.60. The maximum atomic E-state index is 10.9. The molecular formula is C12H16N2O5. The average molecular weight is 268 g/mol. The Hall–Kier alpha value is -1.99. The summed E-state index contributed by atoms with van der Waals surface area (Å²) in [6, 6.07) is -1.33. The number of aryl methyl sites for hydroxylation is 1. The quantitative estimate of drug-likeness (QED) is 0.550. The summed E-state index contributed by atoms with van der Waals surface area (Å²) in [7, 11) is 0. The first-order valence-electron chi connectivity index (χ1n) is 5.60. The van der Waals surface area contributed by atoms with E-state index in [1.807, 2.05) is 0 Å². The highest BCUT2D eigenvalue weighted by molar-refractivity contribution is 5.88. The van der Waals surface area contributed by atoms with Gasteiger partial charge in [0.2, 0.25) is 0 Å². The van der Waals surface area contributed by atoms with Crippen LogP contribution in [-0.2, 0) is 11.4 Å². The highest BCUT2D eigenvalue weighted by Gasteiger charge is 2.21. The highest BCUT2D eigenvalue weighted by atomic mass is 16.4. The lowest BCUT2D eigenvalue weighted by Crippen LogP contribution is -2.30. The zero-order valence-corrected chi connectivity index (χ0v) is 10.6. The van der Waals surface area contributed by atoms with E-state index in [-0.39, 0.29) is 17.9 Å². The van der Waals surface area contributed by atoms with E-state index < -0.39 is 18.1 Å². The largest absolute Gasteiger partial charge is 0.505 e. The molecule has 1 aromatic heterocycles. The van der Waals surface area contributed by atoms with Crippen molar-refractivity contribution in [3.05, 3.63) is 23.0 Å². The summed E-state index contributed by atoms with van der Waals surface area (Å²) in [5.41, 5.74) is 0.853. The molecule has 0 aromatic carbocycles. The molecule has 0 fully saturated rings. The van der Waals surface area contributed by atoms with Crippen LogP contribution in [0.15, 0.2) is 11.2 Å². The predicted octanol–water partition coefficient (Wildman–Crippen LogP) is -0.159. The number of pyridine rings is 1. The second kappa shape index (κ2) is 6.26. The van der Waals surface area contributed by atoms with Crippen molar-refractivity contribution in [3.63, 3.8) is 0 Å². The van der Waals surface area contributed by atoms with E-state index in [0.29, 0.717) is 11.3 Å². The van der Waals surface area contributed by atoms with Crippen molar-refractivity contribution in [2.75, 3.05) is 0 Å². The molecule has 0 radical (unpaired) electrons. The Morgan fingerprint density at radius 3 is 2.68 bits per heavy atom. The Labute approximate surface area is 109 Å². The summed E-state index contributed by atoms with van der Waals surface area (Å²) < 4.78 is 0. The van der Waals surface area contributed by atoms with Crippen LogP contribution in [0.2, 0.25) is 0 Å². The van der Waals surface area contributed by atoms with Crippen molar-refractivity contribution < 1.29 is 25.2 Å². The number of carboxylic acid groups (broad SMARTS) is 1. The van der Waals surface area contributed by atoms with Gasteiger partial charge in [-0.2, -0.15) is 0 Å². The first-order chi connectivity index (χ1) is 8.88. The van der Waals surface area contributed by atoms with Crippen LogP contribution in [0, 0.1) is 6.92 Å². The second-order valence-electron chi connectivity index (χ2n) is 4.09. The molecule has 2 atom stereocenters. The number of aliphatic hydroxyl groups excluding tert-OH is 2. The lowest BCUT2D eigenvalue weighted by Gasteiger charge is -2.11. The molecule has 0 spiro atoms. The number of aromatic hydroxyl groups is 1. The molecule has 104 valence electrons. The van der Waals surface area contributed by atoms with E-state index in [4.69, 9.17) is 10.2 Å². The zero-order valence-electron chi connectivity index (χ0n) is 10.6. The Morgan fingerprint density at radius 2 is 2.21 bits per heavy atom. The van der Waals surface area contributed by atoms with Crippen LogP contribution in [0.3, 0.4) is 0 Å². The lowest BCUT2D eigenvalue weighted by atomic mass is 10.1. The number of aromatic nitrogens is 1. The van der Waals surface area contributed by atoms with Crippen LogP contribution in [0.25, 0.3) is 0 Å². The fraction of sp³-hybridized carbons (Fsp3) is 0.417. The number of aliphatic carboxylic acids is 1. The number of hydrogen-bond acceptors (Lipinski definition) is 6. The number of nitrogens with zero attached hydrogens (tertiary/aromatic N) is 2. The van der Waals surface area contributed by atoms with Crippen LogP contribution >= 0.6 is 0 Å². The normalized spacial score (nSPS) is 14.5. The number of carboxylic acids is 1. The third-order valence-corrected chi connectivity index (χ3v) is 2.60. The fourth-order valence-corrected chi connectivity index (χ4v) is 1.47. The van der Waals surface area contributed by atoms with Crippen LogP contribution < -0.4 is 0 Å². The van der Waals surface area contributed by atoms with Crippen molar-refractivity contribution in [2.24, 2.45) is 4.99 Å². The van der Waals surface area contributed by atoms with Crippen molar-refractivity contribution >= 4 is 12.2 Å². The molecule has 0 unspecified atom stereocenters. The van der Waals surface area contributed by atoms with Gasteiger partial charge >= 0.3 is 5.97 Å². The monoisotopic (exact) mass is 268 g/mol. The molecule has 7 nitrogen and oxygen atoms in total. The van der Waals surface area contributed by atoms with Crippen molar-refractivity contribution in [1.82, 2.24) is 4.98 Å². The van der Waals surface area contributed by atoms with Gasteiger partial charge in [0.25, 0.3) is 0 Å². The number of hydrogen-bond donors (Lipinski definition) is 4. The molecule has 0 bridgehead atoms. The van der Waals surface area contributed by atoms with Crippen LogP contribution in [-0.4, -0.2) is 49.7 Å². The Morgan fingerprint density at radius 1 is 1.58 bits per heavy atom. The molecule has 19 heavy (non-hydrogen) atoms. The minimum atomic E-state index is -1.33. The summed E-state index contributed by atoms with van der Waals surface area (Å²) in [5, 5.41) is 37.1. The van der Waals surface area contributed by atoms with Crippen LogP contribution in [0.4, 0.5) is 0 Å². The minimum absolute atomic E-state index is 0.176.